The Morgan fingerprint density at radius 1 is 1.04 bits per heavy atom. The molecule has 2 aromatic rings. The van der Waals surface area contributed by atoms with Crippen LogP contribution in [-0.2, 0) is 9.53 Å². The topological polar surface area (TPSA) is 55.8 Å². The molecule has 3 rings (SSSR count). The van der Waals surface area contributed by atoms with Crippen LogP contribution in [0.4, 0.5) is 4.79 Å². The smallest absolute Gasteiger partial charge is 0.414 e. The first-order valence-corrected chi connectivity index (χ1v) is 9.03. The van der Waals surface area contributed by atoms with Gasteiger partial charge in [0.25, 0.3) is 0 Å². The molecule has 5 nitrogen and oxygen atoms in total. The lowest BCUT2D eigenvalue weighted by atomic mass is 9.91. The summed E-state index contributed by atoms with van der Waals surface area (Å²) in [7, 11) is 2.97. The molecule has 0 aliphatic carbocycles. The number of fused-ring (bicyclic) bond motifs is 1. The summed E-state index contributed by atoms with van der Waals surface area (Å²) in [6.45, 7) is 1.53. The average molecular weight is 377 g/mol. The monoisotopic (exact) mass is 377 g/mol. The van der Waals surface area contributed by atoms with Gasteiger partial charge in [0.1, 0.15) is 11.5 Å². The van der Waals surface area contributed by atoms with Crippen molar-refractivity contribution in [1.82, 2.24) is 4.90 Å². The molecule has 144 valence electrons. The maximum atomic E-state index is 12.6. The van der Waals surface area contributed by atoms with Crippen LogP contribution in [0.5, 0.6) is 5.75 Å². The van der Waals surface area contributed by atoms with E-state index in [0.29, 0.717) is 5.70 Å². The summed E-state index contributed by atoms with van der Waals surface area (Å²) in [6, 6.07) is 15.0. The summed E-state index contributed by atoms with van der Waals surface area (Å²) in [5, 5.41) is 0. The van der Waals surface area contributed by atoms with Gasteiger partial charge in [-0.05, 0) is 47.9 Å². The number of benzene rings is 2. The average Bonchev–Trinajstić information content (AvgIpc) is 2.71. The Bertz CT molecular complexity index is 928. The summed E-state index contributed by atoms with van der Waals surface area (Å²) >= 11 is 0. The molecule has 1 unspecified atom stereocenters. The second kappa shape index (κ2) is 8.57. The third-order valence-corrected chi connectivity index (χ3v) is 4.66. The van der Waals surface area contributed by atoms with Crippen molar-refractivity contribution >= 4 is 24.0 Å². The number of nitrogens with zero attached hydrogens (tertiary/aromatic N) is 1. The van der Waals surface area contributed by atoms with Gasteiger partial charge in [-0.15, -0.1) is 0 Å². The first-order valence-electron chi connectivity index (χ1n) is 9.03. The van der Waals surface area contributed by atoms with Crippen molar-refractivity contribution in [3.8, 4) is 5.75 Å². The zero-order valence-electron chi connectivity index (χ0n) is 16.2. The van der Waals surface area contributed by atoms with Gasteiger partial charge in [0.15, 0.2) is 0 Å². The summed E-state index contributed by atoms with van der Waals surface area (Å²) in [4.78, 5) is 26.0. The van der Waals surface area contributed by atoms with Gasteiger partial charge in [-0.25, -0.2) is 4.79 Å². The number of carbonyl (C=O) groups is 2. The minimum absolute atomic E-state index is 0.00842. The van der Waals surface area contributed by atoms with Crippen LogP contribution in [0, 0.1) is 0 Å². The molecule has 1 heterocycles. The van der Waals surface area contributed by atoms with Gasteiger partial charge in [-0.2, -0.15) is 0 Å². The summed E-state index contributed by atoms with van der Waals surface area (Å²) in [5.74, 6) is 0.787. The Labute approximate surface area is 164 Å². The molecule has 5 heteroatoms. The molecular weight excluding hydrogens is 354 g/mol. The quantitative estimate of drug-likeness (QED) is 0.747. The van der Waals surface area contributed by atoms with Crippen molar-refractivity contribution in [2.24, 2.45) is 0 Å². The summed E-state index contributed by atoms with van der Waals surface area (Å²) in [6.07, 6.45) is 5.44. The van der Waals surface area contributed by atoms with E-state index in [1.54, 1.807) is 12.0 Å². The molecule has 0 aromatic heterocycles. The van der Waals surface area contributed by atoms with Crippen LogP contribution in [0.1, 0.15) is 36.1 Å². The molecule has 0 bridgehead atoms. The molecule has 0 fully saturated rings. The largest absolute Gasteiger partial charge is 0.497 e. The number of ketones is 1. The SMILES string of the molecule is COC(=O)N1C(/C=C/c2ccc(OC)cc2)=Cc2ccccc2C1CC(C)=O. The molecule has 0 spiro atoms. The molecular formula is C23H23NO4. The highest BCUT2D eigenvalue weighted by molar-refractivity contribution is 5.82. The maximum Gasteiger partial charge on any atom is 0.414 e. The minimum atomic E-state index is -0.494. The standard InChI is InChI=1S/C23H23NO4/c1-16(25)14-22-21-7-5-4-6-18(21)15-19(24(22)23(26)28-3)11-8-17-9-12-20(27-2)13-10-17/h4-13,15,22H,14H2,1-3H3/b11-8+. The fourth-order valence-corrected chi connectivity index (χ4v) is 3.32. The first kappa shape index (κ1) is 19.4. The van der Waals surface area contributed by atoms with Gasteiger partial charge >= 0.3 is 6.09 Å². The number of rotatable bonds is 5. The second-order valence-electron chi connectivity index (χ2n) is 6.57. The molecule has 0 N–H and O–H groups in total. The van der Waals surface area contributed by atoms with Gasteiger partial charge in [0.05, 0.1) is 20.3 Å². The molecule has 1 atom stereocenters. The van der Waals surface area contributed by atoms with Crippen LogP contribution in [0.2, 0.25) is 0 Å². The Morgan fingerprint density at radius 3 is 2.39 bits per heavy atom. The minimum Gasteiger partial charge on any atom is -0.497 e. The van der Waals surface area contributed by atoms with Crippen molar-refractivity contribution < 1.29 is 19.1 Å². The number of allylic oxidation sites excluding steroid dienone is 1. The number of ether oxygens (including phenoxy) is 2. The van der Waals surface area contributed by atoms with Crippen LogP contribution in [0.3, 0.4) is 0 Å². The van der Waals surface area contributed by atoms with E-state index < -0.39 is 12.1 Å². The number of hydrogen-bond acceptors (Lipinski definition) is 4. The maximum absolute atomic E-state index is 12.6. The van der Waals surface area contributed by atoms with Crippen molar-refractivity contribution in [2.45, 2.75) is 19.4 Å². The fraction of sp³-hybridized carbons (Fsp3) is 0.217. The highest BCUT2D eigenvalue weighted by atomic mass is 16.5. The van der Waals surface area contributed by atoms with Gasteiger partial charge in [0.2, 0.25) is 0 Å². The van der Waals surface area contributed by atoms with Crippen molar-refractivity contribution in [3.63, 3.8) is 0 Å². The van der Waals surface area contributed by atoms with E-state index in [-0.39, 0.29) is 12.2 Å². The van der Waals surface area contributed by atoms with E-state index in [0.717, 1.165) is 22.4 Å². The van der Waals surface area contributed by atoms with Crippen LogP contribution < -0.4 is 4.74 Å². The van der Waals surface area contributed by atoms with Crippen molar-refractivity contribution in [3.05, 3.63) is 77.0 Å². The van der Waals surface area contributed by atoms with Crippen LogP contribution in [0.15, 0.2) is 60.3 Å². The van der Waals surface area contributed by atoms with Gasteiger partial charge < -0.3 is 9.47 Å². The third-order valence-electron chi connectivity index (χ3n) is 4.66. The lowest BCUT2D eigenvalue weighted by molar-refractivity contribution is -0.118. The molecule has 1 aliphatic rings. The zero-order valence-corrected chi connectivity index (χ0v) is 16.2. The molecule has 2 aromatic carbocycles. The fourth-order valence-electron chi connectivity index (χ4n) is 3.32. The number of Topliss-reactive ketones (excluding diaryl/α,β-unsaturated/α-hetero) is 1. The van der Waals surface area contributed by atoms with E-state index in [2.05, 4.69) is 0 Å². The second-order valence-corrected chi connectivity index (χ2v) is 6.57. The van der Waals surface area contributed by atoms with Crippen molar-refractivity contribution in [1.29, 1.82) is 0 Å². The summed E-state index contributed by atoms with van der Waals surface area (Å²) in [5.41, 5.74) is 3.56. The lowest BCUT2D eigenvalue weighted by Crippen LogP contribution is -2.36. The van der Waals surface area contributed by atoms with E-state index in [9.17, 15) is 9.59 Å². The first-order chi connectivity index (χ1) is 13.5. The Morgan fingerprint density at radius 2 is 1.75 bits per heavy atom. The third kappa shape index (κ3) is 4.14. The van der Waals surface area contributed by atoms with E-state index in [4.69, 9.17) is 9.47 Å². The van der Waals surface area contributed by atoms with Crippen LogP contribution in [0.25, 0.3) is 12.2 Å². The summed E-state index contributed by atoms with van der Waals surface area (Å²) < 4.78 is 10.2. The number of methoxy groups -OCH3 is 2. The predicted molar refractivity (Wildman–Crippen MR) is 109 cm³/mol. The van der Waals surface area contributed by atoms with E-state index in [1.807, 2.05) is 66.8 Å². The van der Waals surface area contributed by atoms with Crippen LogP contribution in [-0.4, -0.2) is 31.0 Å². The van der Waals surface area contributed by atoms with E-state index in [1.165, 1.54) is 14.0 Å². The molecule has 28 heavy (non-hydrogen) atoms. The molecule has 1 amide bonds. The van der Waals surface area contributed by atoms with Gasteiger partial charge in [0, 0.05) is 12.1 Å². The molecule has 1 aliphatic heterocycles. The molecule has 0 saturated heterocycles. The zero-order chi connectivity index (χ0) is 20.1. The number of carbonyl (C=O) groups excluding carboxylic acids is 2. The van der Waals surface area contributed by atoms with Crippen LogP contribution >= 0.6 is 0 Å². The molecule has 0 radical (unpaired) electrons. The normalized spacial score (nSPS) is 15.8. The highest BCUT2D eigenvalue weighted by Crippen LogP contribution is 2.37. The van der Waals surface area contributed by atoms with E-state index >= 15 is 0 Å². The lowest BCUT2D eigenvalue weighted by Gasteiger charge is -2.35. The Kier molecular flexibility index (Phi) is 5.94. The van der Waals surface area contributed by atoms with Gasteiger partial charge in [-0.3, -0.25) is 9.69 Å². The Hall–Kier alpha value is -3.34. The van der Waals surface area contributed by atoms with Gasteiger partial charge in [-0.1, -0.05) is 42.5 Å². The predicted octanol–water partition coefficient (Wildman–Crippen LogP) is 4.85. The van der Waals surface area contributed by atoms with Crippen molar-refractivity contribution in [2.75, 3.05) is 14.2 Å². The highest BCUT2D eigenvalue weighted by Gasteiger charge is 2.33. The molecule has 0 saturated carbocycles. The Balaban J connectivity index is 2.02. The number of amides is 1. The number of hydrogen-bond donors (Lipinski definition) is 0.